The fraction of sp³-hybridized carbons (Fsp3) is 0.220. The average Bonchev–Trinajstić information content (AvgIpc) is 4.11. The number of hydrogen-bond acceptors (Lipinski definition) is 6. The number of alkyl halides is 4. The molecule has 1 atom stereocenters. The monoisotopic (exact) mass is 1060 g/mol. The summed E-state index contributed by atoms with van der Waals surface area (Å²) in [4.78, 5) is 31.2. The molecule has 72 heavy (non-hydrogen) atoms. The normalized spacial score (nSPS) is 12.8. The van der Waals surface area contributed by atoms with Crippen LogP contribution in [0.3, 0.4) is 0 Å². The highest BCUT2D eigenvalue weighted by molar-refractivity contribution is 7.24. The first-order chi connectivity index (χ1) is 34.3. The van der Waals surface area contributed by atoms with E-state index < -0.39 is 27.8 Å². The van der Waals surface area contributed by atoms with Crippen LogP contribution in [-0.4, -0.2) is 54.6 Å². The Labute approximate surface area is 444 Å². The quantitative estimate of drug-likeness (QED) is 0.130. The minimum Gasteiger partial charge on any atom is -0.479 e. The summed E-state index contributed by atoms with van der Waals surface area (Å²) in [7, 11) is 0. The number of carboxylic acids is 2. The van der Waals surface area contributed by atoms with Crippen molar-refractivity contribution in [1.29, 1.82) is 0 Å². The molecule has 3 N–H and O–H groups in total. The Balaban J connectivity index is 0.000000567. The number of thiophene rings is 1. The lowest BCUT2D eigenvalue weighted by atomic mass is 9.87. The van der Waals surface area contributed by atoms with E-state index >= 15 is 0 Å². The molecule has 370 valence electrons. The first-order valence-electron chi connectivity index (χ1n) is 23.2. The number of benzene rings is 4. The van der Waals surface area contributed by atoms with E-state index in [9.17, 15) is 9.59 Å². The molecule has 8 bridgehead atoms. The average molecular weight is 1060 g/mol. The van der Waals surface area contributed by atoms with Gasteiger partial charge in [0.2, 0.25) is 9.67 Å². The maximum atomic E-state index is 9.44. The highest BCUT2D eigenvalue weighted by Crippen LogP contribution is 2.44. The number of nitrogens with one attached hydrogen (secondary N) is 1. The van der Waals surface area contributed by atoms with Gasteiger partial charge in [-0.25, -0.2) is 14.6 Å². The molecule has 0 aliphatic carbocycles. The molecule has 0 fully saturated rings. The Hall–Kier alpha value is -6.04. The van der Waals surface area contributed by atoms with Crippen molar-refractivity contribution in [3.63, 3.8) is 0 Å². The van der Waals surface area contributed by atoms with Gasteiger partial charge in [-0.1, -0.05) is 141 Å². The number of nitrogens with zero attached hydrogens (tertiary/aromatic N) is 2. The van der Waals surface area contributed by atoms with E-state index in [4.69, 9.17) is 71.3 Å². The molecule has 4 aromatic carbocycles. The molecular formula is C59H55Cl4N3O5S. The molecule has 0 radical (unpaired) electrons. The predicted molar refractivity (Wildman–Crippen MR) is 304 cm³/mol. The third-order valence-electron chi connectivity index (χ3n) is 12.2. The topological polar surface area (TPSA) is 125 Å². The molecule has 8 nitrogen and oxygen atoms in total. The number of H-pyrrole nitrogens is 1. The predicted octanol–water partition coefficient (Wildman–Crippen LogP) is 16.9. The van der Waals surface area contributed by atoms with E-state index in [-0.39, 0.29) is 0 Å². The fourth-order valence-electron chi connectivity index (χ4n) is 9.35. The second-order valence-corrected chi connectivity index (χ2v) is 21.1. The summed E-state index contributed by atoms with van der Waals surface area (Å²) in [6, 6.07) is 38.3. The van der Waals surface area contributed by atoms with Crippen LogP contribution in [0, 0.1) is 55.4 Å². The zero-order chi connectivity index (χ0) is 52.1. The molecule has 9 rings (SSSR count). The Morgan fingerprint density at radius 2 is 0.986 bits per heavy atom. The lowest BCUT2D eigenvalue weighted by Gasteiger charge is -2.23. The summed E-state index contributed by atoms with van der Waals surface area (Å²) in [6.07, 6.45) is 5.91. The summed E-state index contributed by atoms with van der Waals surface area (Å²) in [6.45, 7) is 20.1. The fourth-order valence-corrected chi connectivity index (χ4v) is 10.5. The molecule has 13 heteroatoms. The first kappa shape index (κ1) is 53.8. The minimum atomic E-state index is -1.29. The van der Waals surface area contributed by atoms with Crippen molar-refractivity contribution in [3.05, 3.63) is 170 Å². The molecular weight excluding hydrogens is 1000 g/mol. The Morgan fingerprint density at radius 3 is 1.44 bits per heavy atom. The molecule has 5 heterocycles. The summed E-state index contributed by atoms with van der Waals surface area (Å²) >= 11 is 20.9. The van der Waals surface area contributed by atoms with Gasteiger partial charge in [-0.15, -0.1) is 11.3 Å². The van der Waals surface area contributed by atoms with Crippen LogP contribution in [0.15, 0.2) is 108 Å². The van der Waals surface area contributed by atoms with E-state index in [1.54, 1.807) is 0 Å². The second kappa shape index (κ2) is 23.2. The van der Waals surface area contributed by atoms with Gasteiger partial charge in [0, 0.05) is 66.6 Å². The molecule has 0 saturated heterocycles. The van der Waals surface area contributed by atoms with E-state index in [1.165, 1.54) is 60.3 Å². The van der Waals surface area contributed by atoms with Crippen molar-refractivity contribution in [2.24, 2.45) is 4.99 Å². The van der Waals surface area contributed by atoms with Crippen molar-refractivity contribution in [2.45, 2.75) is 78.2 Å². The number of aromatic nitrogens is 2. The first-order valence-corrected chi connectivity index (χ1v) is 25.8. The SMILES string of the molecule is CCOC1N=Cc2cc1c(-c1c(C)cc(C)cc1C)c1ccc([nH]1)c(-c1ccc(C)cc1)c1ccc(s1)c(-c1ccc(C)cc1)c1nc(c2-c2c(C)cc(C)cc2C)C=C1.O=C(O)C(Cl)Cl.O=C(O)C(Cl)Cl. The number of aromatic amines is 1. The number of aliphatic carboxylic acids is 2. The number of fused-ring (bicyclic) bond motifs is 8. The minimum absolute atomic E-state index is 0.508. The van der Waals surface area contributed by atoms with Crippen molar-refractivity contribution >= 4 is 108 Å². The van der Waals surface area contributed by atoms with Gasteiger partial charge in [0.15, 0.2) is 6.23 Å². The molecule has 3 aromatic heterocycles. The van der Waals surface area contributed by atoms with Crippen LogP contribution in [0.4, 0.5) is 0 Å². The molecule has 1 unspecified atom stereocenters. The number of carboxylic acid groups (broad SMARTS) is 2. The number of halogens is 4. The highest BCUT2D eigenvalue weighted by Gasteiger charge is 2.26. The molecule has 2 aliphatic heterocycles. The van der Waals surface area contributed by atoms with Crippen molar-refractivity contribution in [3.8, 4) is 44.5 Å². The van der Waals surface area contributed by atoms with Crippen LogP contribution in [0.1, 0.15) is 80.2 Å². The zero-order valence-electron chi connectivity index (χ0n) is 41.4. The number of aliphatic imine (C=N–C) groups is 1. The maximum absolute atomic E-state index is 9.44. The van der Waals surface area contributed by atoms with Crippen molar-refractivity contribution in [1.82, 2.24) is 9.97 Å². The van der Waals surface area contributed by atoms with Gasteiger partial charge < -0.3 is 19.9 Å². The summed E-state index contributed by atoms with van der Waals surface area (Å²) in [5, 5.41) is 15.5. The Bertz CT molecular complexity index is 3360. The van der Waals surface area contributed by atoms with E-state index in [2.05, 4.69) is 176 Å². The lowest BCUT2D eigenvalue weighted by Crippen LogP contribution is -2.09. The van der Waals surface area contributed by atoms with Gasteiger partial charge in [0.25, 0.3) is 0 Å². The largest absolute Gasteiger partial charge is 0.479 e. The van der Waals surface area contributed by atoms with Crippen LogP contribution in [0.5, 0.6) is 0 Å². The number of hydrogen-bond donors (Lipinski definition) is 3. The Morgan fingerprint density at radius 1 is 0.569 bits per heavy atom. The van der Waals surface area contributed by atoms with Crippen LogP contribution < -0.4 is 0 Å². The summed E-state index contributed by atoms with van der Waals surface area (Å²) in [5.41, 5.74) is 24.8. The number of ether oxygens (including phenoxy) is 1. The van der Waals surface area contributed by atoms with Gasteiger partial charge in [-0.2, -0.15) is 0 Å². The molecule has 0 spiro atoms. The standard InChI is InChI=1S/C55H51N3OS.2C2H2Cl2O2/c1-10-59-55-42-29-41(30-56-55)53(49-35(6)25-33(4)26-36(49)7)45-21-19-43(57-45)51(39-15-11-31(2)12-16-39)47-23-24-48(60-47)52(40-17-13-32(3)14-18-40)44-20-22-46(58-44)54(42)50-37(8)27-34(5)28-38(50)9;2*3-1(4)2(5)6/h11-30,55,58H,10H2,1-9H3;2*1H,(H,5,6). The molecule has 0 amide bonds. The van der Waals surface area contributed by atoms with E-state index in [0.29, 0.717) is 6.61 Å². The molecule has 2 aliphatic rings. The molecule has 0 saturated carbocycles. The van der Waals surface area contributed by atoms with Gasteiger partial charge >= 0.3 is 11.9 Å². The summed E-state index contributed by atoms with van der Waals surface area (Å²) < 4.78 is 8.90. The lowest BCUT2D eigenvalue weighted by molar-refractivity contribution is -0.136. The van der Waals surface area contributed by atoms with Gasteiger partial charge in [-0.05, 0) is 149 Å². The molecule has 7 aromatic rings. The second-order valence-electron chi connectivity index (χ2n) is 17.9. The highest BCUT2D eigenvalue weighted by atomic mass is 35.5. The van der Waals surface area contributed by atoms with Crippen LogP contribution in [0.2, 0.25) is 0 Å². The van der Waals surface area contributed by atoms with E-state index in [0.717, 1.165) is 71.6 Å². The maximum Gasteiger partial charge on any atom is 0.337 e. The van der Waals surface area contributed by atoms with Gasteiger partial charge in [-0.3, -0.25) is 4.99 Å². The third-order valence-corrected chi connectivity index (χ3v) is 14.1. The van der Waals surface area contributed by atoms with Crippen molar-refractivity contribution in [2.75, 3.05) is 6.61 Å². The number of carbonyl (C=O) groups is 2. The van der Waals surface area contributed by atoms with Crippen LogP contribution >= 0.6 is 57.7 Å². The van der Waals surface area contributed by atoms with Gasteiger partial charge in [0.1, 0.15) is 0 Å². The Kier molecular flexibility index (Phi) is 17.3. The van der Waals surface area contributed by atoms with Crippen molar-refractivity contribution < 1.29 is 24.5 Å². The summed E-state index contributed by atoms with van der Waals surface area (Å²) in [5.74, 6) is -2.42. The van der Waals surface area contributed by atoms with Gasteiger partial charge in [0.05, 0.1) is 11.4 Å². The van der Waals surface area contributed by atoms with Crippen LogP contribution in [0.25, 0.3) is 77.1 Å². The third kappa shape index (κ3) is 12.1. The smallest absolute Gasteiger partial charge is 0.337 e. The number of rotatable bonds is 8. The zero-order valence-corrected chi connectivity index (χ0v) is 45.3. The van der Waals surface area contributed by atoms with Crippen LogP contribution in [-0.2, 0) is 14.3 Å². The number of aryl methyl sites for hydroxylation is 8. The van der Waals surface area contributed by atoms with E-state index in [1.807, 2.05) is 24.5 Å².